The van der Waals surface area contributed by atoms with Crippen LogP contribution < -0.4 is 10.6 Å². The third-order valence-corrected chi connectivity index (χ3v) is 4.71. The van der Waals surface area contributed by atoms with Crippen LogP contribution in [0.25, 0.3) is 0 Å². The van der Waals surface area contributed by atoms with Crippen molar-refractivity contribution in [1.29, 1.82) is 0 Å². The van der Waals surface area contributed by atoms with Gasteiger partial charge in [0.05, 0.1) is 12.2 Å². The molecule has 1 aliphatic rings. The van der Waals surface area contributed by atoms with E-state index in [0.29, 0.717) is 24.2 Å². The number of rotatable bonds is 6. The second-order valence-corrected chi connectivity index (χ2v) is 6.97. The normalized spacial score (nSPS) is 15.0. The number of hydrogen-bond donors (Lipinski definition) is 2. The molecule has 3 rings (SSSR count). The Morgan fingerprint density at radius 3 is 2.48 bits per heavy atom. The van der Waals surface area contributed by atoms with Gasteiger partial charge in [-0.15, -0.1) is 0 Å². The highest BCUT2D eigenvalue weighted by molar-refractivity contribution is 5.89. The van der Waals surface area contributed by atoms with E-state index in [1.807, 2.05) is 25.1 Å². The monoisotopic (exact) mass is 368 g/mol. The summed E-state index contributed by atoms with van der Waals surface area (Å²) >= 11 is 0. The predicted molar refractivity (Wildman–Crippen MR) is 108 cm³/mol. The van der Waals surface area contributed by atoms with Gasteiger partial charge in [-0.3, -0.25) is 0 Å². The van der Waals surface area contributed by atoms with Crippen molar-refractivity contribution < 1.29 is 9.53 Å². The van der Waals surface area contributed by atoms with E-state index in [0.717, 1.165) is 17.2 Å². The number of esters is 1. The summed E-state index contributed by atoms with van der Waals surface area (Å²) in [6.45, 7) is 4.14. The number of aryl methyl sites for hydroxylation is 1. The lowest BCUT2D eigenvalue weighted by Crippen LogP contribution is -2.20. The molecule has 0 unspecified atom stereocenters. The fourth-order valence-electron chi connectivity index (χ4n) is 3.36. The van der Waals surface area contributed by atoms with Crippen molar-refractivity contribution in [2.45, 2.75) is 58.4 Å². The molecule has 1 aromatic heterocycles. The van der Waals surface area contributed by atoms with Gasteiger partial charge in [-0.05, 0) is 51.0 Å². The van der Waals surface area contributed by atoms with Gasteiger partial charge >= 0.3 is 5.97 Å². The van der Waals surface area contributed by atoms with Crippen LogP contribution in [-0.4, -0.2) is 28.6 Å². The van der Waals surface area contributed by atoms with Gasteiger partial charge in [-0.25, -0.2) is 9.78 Å². The van der Waals surface area contributed by atoms with Gasteiger partial charge in [0.25, 0.3) is 0 Å². The van der Waals surface area contributed by atoms with Gasteiger partial charge in [0, 0.05) is 23.5 Å². The van der Waals surface area contributed by atoms with Crippen LogP contribution in [0.2, 0.25) is 0 Å². The van der Waals surface area contributed by atoms with Crippen LogP contribution in [0.3, 0.4) is 0 Å². The Balaban J connectivity index is 1.67. The van der Waals surface area contributed by atoms with E-state index in [4.69, 9.17) is 4.74 Å². The van der Waals surface area contributed by atoms with Crippen molar-refractivity contribution in [3.63, 3.8) is 0 Å². The summed E-state index contributed by atoms with van der Waals surface area (Å²) in [6.07, 6.45) is 7.52. The van der Waals surface area contributed by atoms with Crippen LogP contribution >= 0.6 is 0 Å². The zero-order chi connectivity index (χ0) is 19.1. The molecule has 1 heterocycles. The number of aromatic nitrogens is 2. The molecule has 1 fully saturated rings. The molecule has 0 bridgehead atoms. The molecule has 0 saturated heterocycles. The molecule has 144 valence electrons. The van der Waals surface area contributed by atoms with Crippen molar-refractivity contribution >= 4 is 23.4 Å². The summed E-state index contributed by atoms with van der Waals surface area (Å²) in [5.74, 6) is 1.10. The van der Waals surface area contributed by atoms with Crippen LogP contribution in [0, 0.1) is 6.92 Å². The highest BCUT2D eigenvalue weighted by Gasteiger charge is 2.14. The van der Waals surface area contributed by atoms with Crippen LogP contribution in [-0.2, 0) is 4.74 Å². The van der Waals surface area contributed by atoms with Crippen LogP contribution in [0.1, 0.15) is 61.5 Å². The number of anilines is 3. The number of hydrogen-bond acceptors (Lipinski definition) is 6. The van der Waals surface area contributed by atoms with Crippen LogP contribution in [0.4, 0.5) is 17.5 Å². The Hall–Kier alpha value is -2.63. The third kappa shape index (κ3) is 5.67. The maximum atomic E-state index is 11.7. The molecule has 1 aliphatic carbocycles. The number of ether oxygens (including phenoxy) is 1. The zero-order valence-electron chi connectivity index (χ0n) is 16.1. The lowest BCUT2D eigenvalue weighted by Gasteiger charge is -2.17. The highest BCUT2D eigenvalue weighted by atomic mass is 16.5. The summed E-state index contributed by atoms with van der Waals surface area (Å²) < 4.78 is 5.01. The molecule has 2 aromatic rings. The van der Waals surface area contributed by atoms with E-state index in [1.165, 1.54) is 38.5 Å². The molecule has 0 atom stereocenters. The first kappa shape index (κ1) is 19.1. The molecule has 6 heteroatoms. The number of carbonyl (C=O) groups is 1. The zero-order valence-corrected chi connectivity index (χ0v) is 16.1. The number of benzene rings is 1. The van der Waals surface area contributed by atoms with E-state index in [2.05, 4.69) is 20.6 Å². The quantitative estimate of drug-likeness (QED) is 0.561. The Morgan fingerprint density at radius 1 is 1.11 bits per heavy atom. The SMILES string of the molecule is CCOC(=O)c1ccc(Nc2cc(C)nc(NC3CCCCCC3)n2)cc1. The van der Waals surface area contributed by atoms with Gasteiger partial charge in [-0.2, -0.15) is 4.98 Å². The van der Waals surface area contributed by atoms with Crippen molar-refractivity contribution in [1.82, 2.24) is 9.97 Å². The Morgan fingerprint density at radius 2 is 1.81 bits per heavy atom. The van der Waals surface area contributed by atoms with Gasteiger partial charge in [0.2, 0.25) is 5.95 Å². The molecule has 0 amide bonds. The van der Waals surface area contributed by atoms with E-state index in [9.17, 15) is 4.79 Å². The summed E-state index contributed by atoms with van der Waals surface area (Å²) in [4.78, 5) is 20.9. The molecule has 0 aliphatic heterocycles. The van der Waals surface area contributed by atoms with Crippen molar-refractivity contribution in [3.8, 4) is 0 Å². The van der Waals surface area contributed by atoms with Gasteiger partial charge in [0.1, 0.15) is 5.82 Å². The molecule has 6 nitrogen and oxygen atoms in total. The second-order valence-electron chi connectivity index (χ2n) is 6.97. The molecule has 0 radical (unpaired) electrons. The smallest absolute Gasteiger partial charge is 0.338 e. The molecule has 1 aromatic carbocycles. The van der Waals surface area contributed by atoms with E-state index >= 15 is 0 Å². The van der Waals surface area contributed by atoms with Crippen molar-refractivity contribution in [2.24, 2.45) is 0 Å². The number of nitrogens with zero attached hydrogens (tertiary/aromatic N) is 2. The summed E-state index contributed by atoms with van der Waals surface area (Å²) in [6, 6.07) is 9.56. The topological polar surface area (TPSA) is 76.1 Å². The molecule has 2 N–H and O–H groups in total. The largest absolute Gasteiger partial charge is 0.462 e. The van der Waals surface area contributed by atoms with Crippen LogP contribution in [0.5, 0.6) is 0 Å². The Bertz CT molecular complexity index is 753. The van der Waals surface area contributed by atoms with Crippen LogP contribution in [0.15, 0.2) is 30.3 Å². The van der Waals surface area contributed by atoms with Crippen molar-refractivity contribution in [3.05, 3.63) is 41.6 Å². The Kier molecular flexibility index (Phi) is 6.63. The van der Waals surface area contributed by atoms with Gasteiger partial charge in [-0.1, -0.05) is 25.7 Å². The fourth-order valence-corrected chi connectivity index (χ4v) is 3.36. The van der Waals surface area contributed by atoms with Gasteiger partial charge < -0.3 is 15.4 Å². The standard InChI is InChI=1S/C21H28N4O2/c1-3-27-20(26)16-10-12-18(13-11-16)23-19-14-15(2)22-21(25-19)24-17-8-6-4-5-7-9-17/h10-14,17H,3-9H2,1-2H3,(H2,22,23,24,25). The Labute approximate surface area is 160 Å². The first-order valence-electron chi connectivity index (χ1n) is 9.80. The summed E-state index contributed by atoms with van der Waals surface area (Å²) in [7, 11) is 0. The third-order valence-electron chi connectivity index (χ3n) is 4.71. The van der Waals surface area contributed by atoms with E-state index in [1.54, 1.807) is 19.1 Å². The average Bonchev–Trinajstić information content (AvgIpc) is 2.91. The second kappa shape index (κ2) is 9.35. The minimum atomic E-state index is -0.309. The lowest BCUT2D eigenvalue weighted by molar-refractivity contribution is 0.0526. The average molecular weight is 368 g/mol. The molecule has 27 heavy (non-hydrogen) atoms. The lowest BCUT2D eigenvalue weighted by atomic mass is 10.1. The van der Waals surface area contributed by atoms with Gasteiger partial charge in [0.15, 0.2) is 0 Å². The number of nitrogens with one attached hydrogen (secondary N) is 2. The molecular formula is C21H28N4O2. The first-order chi connectivity index (χ1) is 13.1. The highest BCUT2D eigenvalue weighted by Crippen LogP contribution is 2.22. The van der Waals surface area contributed by atoms with E-state index in [-0.39, 0.29) is 5.97 Å². The predicted octanol–water partition coefficient (Wildman–Crippen LogP) is 4.84. The molecule has 1 saturated carbocycles. The fraction of sp³-hybridized carbons (Fsp3) is 0.476. The van der Waals surface area contributed by atoms with Crippen molar-refractivity contribution in [2.75, 3.05) is 17.2 Å². The number of carbonyl (C=O) groups excluding carboxylic acids is 1. The molecule has 0 spiro atoms. The summed E-state index contributed by atoms with van der Waals surface area (Å²) in [5.41, 5.74) is 2.31. The van der Waals surface area contributed by atoms with E-state index < -0.39 is 0 Å². The maximum absolute atomic E-state index is 11.7. The minimum Gasteiger partial charge on any atom is -0.462 e. The molecular weight excluding hydrogens is 340 g/mol. The maximum Gasteiger partial charge on any atom is 0.338 e. The minimum absolute atomic E-state index is 0.309. The summed E-state index contributed by atoms with van der Waals surface area (Å²) in [5, 5.41) is 6.79. The first-order valence-corrected chi connectivity index (χ1v) is 9.80.